The SMILES string of the molecule is CCOC(=O)C1=C(C)N=c2s/c(=C/c3cc(C)n(-c4ccc(Cl)c(Cl)c4)c3C)c(=O)n2[C@@H]1c1cc(OC)ccc1OC. The zero-order valence-corrected chi connectivity index (χ0v) is 26.3. The molecule has 0 amide bonds. The predicted octanol–water partition coefficient (Wildman–Crippen LogP) is 5.53. The maximum atomic E-state index is 14.1. The highest BCUT2D eigenvalue weighted by Crippen LogP contribution is 2.38. The molecule has 5 rings (SSSR count). The monoisotopic (exact) mass is 625 g/mol. The number of benzene rings is 2. The standard InChI is InChI=1S/C31H29Cl2N3O5S/c1-7-41-30(38)27-17(3)34-31-36(28(27)22-15-21(39-5)9-11-25(22)40-6)29(37)26(42-31)13-19-12-16(2)35(18(19)4)20-8-10-23(32)24(33)14-20/h8-15,28H,7H2,1-6H3/b26-13+/t28-/m1/s1. The van der Waals surface area contributed by atoms with Gasteiger partial charge in [-0.25, -0.2) is 9.79 Å². The van der Waals surface area contributed by atoms with Crippen molar-refractivity contribution < 1.29 is 19.0 Å². The third-order valence-electron chi connectivity index (χ3n) is 7.17. The van der Waals surface area contributed by atoms with Crippen molar-refractivity contribution in [1.29, 1.82) is 0 Å². The highest BCUT2D eigenvalue weighted by Gasteiger charge is 2.35. The molecular formula is C31H29Cl2N3O5S. The van der Waals surface area contributed by atoms with Crippen LogP contribution in [0.15, 0.2) is 63.5 Å². The number of hydrogen-bond acceptors (Lipinski definition) is 7. The van der Waals surface area contributed by atoms with Crippen LogP contribution in [-0.2, 0) is 9.53 Å². The van der Waals surface area contributed by atoms with Gasteiger partial charge in [-0.1, -0.05) is 34.5 Å². The number of halogens is 2. The van der Waals surface area contributed by atoms with Crippen LogP contribution in [0, 0.1) is 13.8 Å². The summed E-state index contributed by atoms with van der Waals surface area (Å²) in [5.41, 5.74) is 4.63. The average Bonchev–Trinajstić information content (AvgIpc) is 3.42. The largest absolute Gasteiger partial charge is 0.497 e. The number of nitrogens with zero attached hydrogens (tertiary/aromatic N) is 3. The molecule has 0 radical (unpaired) electrons. The number of fused-ring (bicyclic) bond motifs is 1. The molecule has 1 aliphatic heterocycles. The molecule has 42 heavy (non-hydrogen) atoms. The first-order chi connectivity index (χ1) is 20.1. The molecule has 11 heteroatoms. The highest BCUT2D eigenvalue weighted by molar-refractivity contribution is 7.07. The molecule has 218 valence electrons. The van der Waals surface area contributed by atoms with Gasteiger partial charge in [0.1, 0.15) is 17.5 Å². The normalized spacial score (nSPS) is 15.0. The second-order valence-corrected chi connectivity index (χ2v) is 11.5. The van der Waals surface area contributed by atoms with Crippen LogP contribution < -0.4 is 24.4 Å². The lowest BCUT2D eigenvalue weighted by Crippen LogP contribution is -2.40. The minimum absolute atomic E-state index is 0.177. The Morgan fingerprint density at radius 3 is 2.48 bits per heavy atom. The fourth-order valence-electron chi connectivity index (χ4n) is 5.24. The van der Waals surface area contributed by atoms with Crippen molar-refractivity contribution in [3.8, 4) is 17.2 Å². The minimum atomic E-state index is -0.837. The second-order valence-electron chi connectivity index (χ2n) is 9.67. The molecule has 2 aromatic carbocycles. The maximum Gasteiger partial charge on any atom is 0.338 e. The maximum absolute atomic E-state index is 14.1. The molecule has 8 nitrogen and oxygen atoms in total. The minimum Gasteiger partial charge on any atom is -0.497 e. The van der Waals surface area contributed by atoms with Crippen molar-refractivity contribution >= 4 is 46.6 Å². The lowest BCUT2D eigenvalue weighted by molar-refractivity contribution is -0.139. The van der Waals surface area contributed by atoms with E-state index in [9.17, 15) is 9.59 Å². The third-order valence-corrected chi connectivity index (χ3v) is 8.89. The van der Waals surface area contributed by atoms with Crippen LogP contribution in [0.5, 0.6) is 11.5 Å². The predicted molar refractivity (Wildman–Crippen MR) is 165 cm³/mol. The molecule has 1 atom stereocenters. The van der Waals surface area contributed by atoms with E-state index in [4.69, 9.17) is 37.4 Å². The first-order valence-corrected chi connectivity index (χ1v) is 14.7. The number of aryl methyl sites for hydroxylation is 1. The smallest absolute Gasteiger partial charge is 0.338 e. The molecule has 2 aromatic heterocycles. The summed E-state index contributed by atoms with van der Waals surface area (Å²) in [5.74, 6) is 0.505. The van der Waals surface area contributed by atoms with Crippen LogP contribution in [0.3, 0.4) is 0 Å². The highest BCUT2D eigenvalue weighted by atomic mass is 35.5. The van der Waals surface area contributed by atoms with Crippen molar-refractivity contribution in [3.05, 3.63) is 106 Å². The van der Waals surface area contributed by atoms with Gasteiger partial charge in [0.25, 0.3) is 5.56 Å². The summed E-state index contributed by atoms with van der Waals surface area (Å²) in [4.78, 5) is 32.6. The number of methoxy groups -OCH3 is 2. The number of hydrogen-bond donors (Lipinski definition) is 0. The number of ether oxygens (including phenoxy) is 3. The molecule has 0 fully saturated rings. The topological polar surface area (TPSA) is 84.1 Å². The van der Waals surface area contributed by atoms with Crippen molar-refractivity contribution in [2.24, 2.45) is 4.99 Å². The molecule has 0 spiro atoms. The summed E-state index contributed by atoms with van der Waals surface area (Å²) in [7, 11) is 3.10. The van der Waals surface area contributed by atoms with Gasteiger partial charge >= 0.3 is 5.97 Å². The molecule has 1 aliphatic rings. The summed E-state index contributed by atoms with van der Waals surface area (Å²) in [6.45, 7) is 7.62. The Labute approximate surface area is 256 Å². The van der Waals surface area contributed by atoms with Gasteiger partial charge in [0.05, 0.1) is 46.7 Å². The van der Waals surface area contributed by atoms with E-state index in [1.165, 1.54) is 15.9 Å². The van der Waals surface area contributed by atoms with Crippen molar-refractivity contribution in [2.45, 2.75) is 33.7 Å². The zero-order chi connectivity index (χ0) is 30.3. The summed E-state index contributed by atoms with van der Waals surface area (Å²) >= 11 is 13.7. The molecule has 0 saturated heterocycles. The van der Waals surface area contributed by atoms with Crippen LogP contribution in [-0.4, -0.2) is 35.9 Å². The Kier molecular flexibility index (Phi) is 8.37. The number of thiazole rings is 1. The first kappa shape index (κ1) is 29.7. The van der Waals surface area contributed by atoms with Gasteiger partial charge in [0.15, 0.2) is 4.80 Å². The van der Waals surface area contributed by atoms with Gasteiger partial charge in [0, 0.05) is 22.6 Å². The lowest BCUT2D eigenvalue weighted by Gasteiger charge is -2.26. The summed E-state index contributed by atoms with van der Waals surface area (Å²) < 4.78 is 20.6. The molecule has 0 bridgehead atoms. The van der Waals surface area contributed by atoms with E-state index in [-0.39, 0.29) is 17.7 Å². The summed E-state index contributed by atoms with van der Waals surface area (Å²) in [6, 6.07) is 11.9. The Morgan fingerprint density at radius 1 is 1.05 bits per heavy atom. The first-order valence-electron chi connectivity index (χ1n) is 13.2. The quantitative estimate of drug-likeness (QED) is 0.252. The number of allylic oxidation sites excluding steroid dienone is 1. The van der Waals surface area contributed by atoms with Gasteiger partial charge in [-0.3, -0.25) is 9.36 Å². The van der Waals surface area contributed by atoms with Gasteiger partial charge in [-0.15, -0.1) is 0 Å². The van der Waals surface area contributed by atoms with Crippen molar-refractivity contribution in [2.75, 3.05) is 20.8 Å². The van der Waals surface area contributed by atoms with Crippen LogP contribution in [0.25, 0.3) is 11.8 Å². The van der Waals surface area contributed by atoms with E-state index in [1.807, 2.05) is 38.1 Å². The third kappa shape index (κ3) is 5.17. The van der Waals surface area contributed by atoms with Crippen molar-refractivity contribution in [1.82, 2.24) is 9.13 Å². The molecule has 0 N–H and O–H groups in total. The molecule has 3 heterocycles. The Balaban J connectivity index is 1.73. The van der Waals surface area contributed by atoms with Crippen LogP contribution in [0.1, 0.15) is 42.4 Å². The average molecular weight is 627 g/mol. The number of aromatic nitrogens is 2. The molecular weight excluding hydrogens is 597 g/mol. The Morgan fingerprint density at radius 2 is 1.81 bits per heavy atom. The number of esters is 1. The number of carbonyl (C=O) groups is 1. The van der Waals surface area contributed by atoms with Gasteiger partial charge in [-0.05, 0) is 81.8 Å². The van der Waals surface area contributed by atoms with E-state index in [1.54, 1.807) is 52.3 Å². The molecule has 0 aliphatic carbocycles. The number of carbonyl (C=O) groups excluding carboxylic acids is 1. The van der Waals surface area contributed by atoms with Crippen molar-refractivity contribution in [3.63, 3.8) is 0 Å². The zero-order valence-electron chi connectivity index (χ0n) is 24.0. The fourth-order valence-corrected chi connectivity index (χ4v) is 6.57. The van der Waals surface area contributed by atoms with Crippen LogP contribution >= 0.6 is 34.5 Å². The van der Waals surface area contributed by atoms with Gasteiger partial charge in [-0.2, -0.15) is 0 Å². The van der Waals surface area contributed by atoms with E-state index >= 15 is 0 Å². The molecule has 0 saturated carbocycles. The molecule has 4 aromatic rings. The Hall–Kier alpha value is -3.79. The van der Waals surface area contributed by atoms with E-state index in [0.717, 1.165) is 22.6 Å². The van der Waals surface area contributed by atoms with Gasteiger partial charge in [0.2, 0.25) is 0 Å². The van der Waals surface area contributed by atoms with E-state index in [0.29, 0.717) is 42.1 Å². The Bertz CT molecular complexity index is 1940. The molecule has 0 unspecified atom stereocenters. The fraction of sp³-hybridized carbons (Fsp3) is 0.258. The van der Waals surface area contributed by atoms with Gasteiger partial charge < -0.3 is 18.8 Å². The van der Waals surface area contributed by atoms with Crippen LogP contribution in [0.4, 0.5) is 0 Å². The summed E-state index contributed by atoms with van der Waals surface area (Å²) in [5, 5.41) is 0.932. The van der Waals surface area contributed by atoms with E-state index < -0.39 is 12.0 Å². The second kappa shape index (κ2) is 11.8. The van der Waals surface area contributed by atoms with Crippen LogP contribution in [0.2, 0.25) is 10.0 Å². The summed E-state index contributed by atoms with van der Waals surface area (Å²) in [6.07, 6.45) is 1.85. The van der Waals surface area contributed by atoms with E-state index in [2.05, 4.69) is 9.56 Å². The lowest BCUT2D eigenvalue weighted by atomic mass is 9.94. The number of rotatable bonds is 7.